The van der Waals surface area contributed by atoms with Crippen LogP contribution in [0.1, 0.15) is 12.0 Å². The Morgan fingerprint density at radius 3 is 2.62 bits per heavy atom. The van der Waals surface area contributed by atoms with Crippen molar-refractivity contribution >= 4 is 23.0 Å². The van der Waals surface area contributed by atoms with Crippen molar-refractivity contribution in [3.05, 3.63) is 66.0 Å². The molecule has 1 aliphatic heterocycles. The fraction of sp³-hybridized carbons (Fsp3) is 0.350. The zero-order chi connectivity index (χ0) is 18.4. The summed E-state index contributed by atoms with van der Waals surface area (Å²) in [4.78, 5) is 3.58. The number of benzene rings is 2. The molecule has 2 aromatic rings. The van der Waals surface area contributed by atoms with E-state index in [4.69, 9.17) is 12.2 Å². The van der Waals surface area contributed by atoms with E-state index in [-0.39, 0.29) is 18.5 Å². The molecule has 2 atom stereocenters. The molecule has 1 fully saturated rings. The molecule has 1 heterocycles. The summed E-state index contributed by atoms with van der Waals surface area (Å²) in [6.45, 7) is 3.58. The van der Waals surface area contributed by atoms with Crippen LogP contribution in [0.3, 0.4) is 0 Å². The number of hydrogen-bond acceptors (Lipinski definition) is 2. The summed E-state index contributed by atoms with van der Waals surface area (Å²) in [5.74, 6) is -0.210. The molecule has 0 saturated carbocycles. The second-order valence-electron chi connectivity index (χ2n) is 6.66. The van der Waals surface area contributed by atoms with Gasteiger partial charge in [-0.2, -0.15) is 0 Å². The van der Waals surface area contributed by atoms with Gasteiger partial charge in [-0.1, -0.05) is 30.3 Å². The minimum Gasteiger partial charge on any atom is -0.396 e. The molecule has 3 rings (SSSR count). The topological polar surface area (TPSA) is 39.9 Å². The van der Waals surface area contributed by atoms with Crippen LogP contribution in [0.15, 0.2) is 54.6 Å². The highest BCUT2D eigenvalue weighted by atomic mass is 32.1. The molecular weight excluding hydrogens is 349 g/mol. The van der Waals surface area contributed by atoms with Gasteiger partial charge in [-0.3, -0.25) is 0 Å². The summed E-state index contributed by atoms with van der Waals surface area (Å²) < 4.78 is 13.1. The molecule has 0 spiro atoms. The molecule has 0 aliphatic carbocycles. The Kier molecular flexibility index (Phi) is 6.55. The third kappa shape index (κ3) is 5.00. The monoisotopic (exact) mass is 374 g/mol. The molecule has 26 heavy (non-hydrogen) atoms. The van der Waals surface area contributed by atoms with Crippen LogP contribution < -0.4 is 10.2 Å². The summed E-state index contributed by atoms with van der Waals surface area (Å²) >= 11 is 5.58. The quantitative estimate of drug-likeness (QED) is 0.697. The third-order valence-electron chi connectivity index (χ3n) is 4.86. The number of piperazine rings is 1. The summed E-state index contributed by atoms with van der Waals surface area (Å²) in [5.41, 5.74) is 2.10. The standard InChI is InChI=1S/C20H24FN3OS/c21-17-8-6-16(7-9-17)14-23-11-12-24(15-19(23)10-13-25)20(26)22-18-4-2-1-3-5-18/h1-9,19,25H,10-15H2,(H,22,26)/p+1/t19-/m0/s1. The summed E-state index contributed by atoms with van der Waals surface area (Å²) in [7, 11) is 0. The molecule has 0 aromatic heterocycles. The van der Waals surface area contributed by atoms with Crippen molar-refractivity contribution in [2.45, 2.75) is 19.0 Å². The van der Waals surface area contributed by atoms with Gasteiger partial charge in [0.1, 0.15) is 18.4 Å². The lowest BCUT2D eigenvalue weighted by molar-refractivity contribution is -0.943. The number of quaternary nitrogens is 1. The number of anilines is 1. The van der Waals surface area contributed by atoms with E-state index in [0.29, 0.717) is 0 Å². The maximum Gasteiger partial charge on any atom is 0.173 e. The van der Waals surface area contributed by atoms with Gasteiger partial charge in [-0.05, 0) is 36.5 Å². The van der Waals surface area contributed by atoms with Crippen LogP contribution in [-0.4, -0.2) is 47.4 Å². The number of nitrogens with zero attached hydrogens (tertiary/aromatic N) is 1. The Bertz CT molecular complexity index is 711. The predicted octanol–water partition coefficient (Wildman–Crippen LogP) is 1.67. The molecule has 138 valence electrons. The third-order valence-corrected chi connectivity index (χ3v) is 5.22. The lowest BCUT2D eigenvalue weighted by atomic mass is 10.1. The molecule has 0 bridgehead atoms. The van der Waals surface area contributed by atoms with Crippen molar-refractivity contribution in [3.8, 4) is 0 Å². The van der Waals surface area contributed by atoms with Crippen molar-refractivity contribution in [2.24, 2.45) is 0 Å². The van der Waals surface area contributed by atoms with Crippen molar-refractivity contribution in [2.75, 3.05) is 31.6 Å². The Morgan fingerprint density at radius 1 is 1.19 bits per heavy atom. The number of thiocarbonyl (C=S) groups is 1. The average molecular weight is 375 g/mol. The van der Waals surface area contributed by atoms with E-state index in [2.05, 4.69) is 10.2 Å². The van der Waals surface area contributed by atoms with Crippen molar-refractivity contribution in [3.63, 3.8) is 0 Å². The van der Waals surface area contributed by atoms with E-state index >= 15 is 0 Å². The number of nitrogens with one attached hydrogen (secondary N) is 2. The van der Waals surface area contributed by atoms with E-state index < -0.39 is 0 Å². The number of para-hydroxylation sites is 1. The number of aliphatic hydroxyl groups is 1. The highest BCUT2D eigenvalue weighted by Crippen LogP contribution is 2.09. The number of hydrogen-bond donors (Lipinski definition) is 3. The predicted molar refractivity (Wildman–Crippen MR) is 106 cm³/mol. The normalized spacial score (nSPS) is 20.0. The Labute approximate surface area is 159 Å². The van der Waals surface area contributed by atoms with Crippen molar-refractivity contribution < 1.29 is 14.4 Å². The SMILES string of the molecule is OCC[C@H]1CN(C(=S)Nc2ccccc2)CC[NH+]1Cc1ccc(F)cc1. The van der Waals surface area contributed by atoms with E-state index in [1.54, 1.807) is 0 Å². The summed E-state index contributed by atoms with van der Waals surface area (Å²) in [5, 5.41) is 13.5. The highest BCUT2D eigenvalue weighted by molar-refractivity contribution is 7.80. The number of aliphatic hydroxyl groups excluding tert-OH is 1. The fourth-order valence-corrected chi connectivity index (χ4v) is 3.71. The van der Waals surface area contributed by atoms with Gasteiger partial charge in [0.15, 0.2) is 5.11 Å². The molecular formula is C20H25FN3OS+. The molecule has 0 radical (unpaired) electrons. The molecule has 1 aliphatic rings. The lowest BCUT2D eigenvalue weighted by Crippen LogP contribution is -3.17. The lowest BCUT2D eigenvalue weighted by Gasteiger charge is -2.39. The Balaban J connectivity index is 1.61. The minimum atomic E-state index is -0.210. The van der Waals surface area contributed by atoms with Gasteiger partial charge in [-0.25, -0.2) is 4.39 Å². The molecule has 4 nitrogen and oxygen atoms in total. The van der Waals surface area contributed by atoms with E-state index in [9.17, 15) is 9.50 Å². The van der Waals surface area contributed by atoms with Crippen LogP contribution in [-0.2, 0) is 6.54 Å². The smallest absolute Gasteiger partial charge is 0.173 e. The first-order valence-electron chi connectivity index (χ1n) is 8.96. The van der Waals surface area contributed by atoms with Crippen LogP contribution in [0.4, 0.5) is 10.1 Å². The van der Waals surface area contributed by atoms with E-state index in [0.717, 1.165) is 49.0 Å². The van der Waals surface area contributed by atoms with Crippen LogP contribution >= 0.6 is 12.2 Å². The molecule has 1 saturated heterocycles. The Morgan fingerprint density at radius 2 is 1.92 bits per heavy atom. The largest absolute Gasteiger partial charge is 0.396 e. The summed E-state index contributed by atoms with van der Waals surface area (Å²) in [6.07, 6.45) is 0.723. The van der Waals surface area contributed by atoms with Crippen molar-refractivity contribution in [1.29, 1.82) is 0 Å². The summed E-state index contributed by atoms with van der Waals surface area (Å²) in [6, 6.07) is 16.9. The second kappa shape index (κ2) is 9.07. The van der Waals surface area contributed by atoms with Gasteiger partial charge in [0.25, 0.3) is 0 Å². The first-order chi connectivity index (χ1) is 12.7. The highest BCUT2D eigenvalue weighted by Gasteiger charge is 2.31. The maximum absolute atomic E-state index is 13.1. The van der Waals surface area contributed by atoms with Gasteiger partial charge in [0, 0.05) is 24.3 Å². The van der Waals surface area contributed by atoms with Gasteiger partial charge < -0.3 is 20.2 Å². The zero-order valence-electron chi connectivity index (χ0n) is 14.7. The van der Waals surface area contributed by atoms with E-state index in [1.165, 1.54) is 17.0 Å². The van der Waals surface area contributed by atoms with Gasteiger partial charge in [0.2, 0.25) is 0 Å². The minimum absolute atomic E-state index is 0.157. The van der Waals surface area contributed by atoms with Crippen LogP contribution in [0.2, 0.25) is 0 Å². The van der Waals surface area contributed by atoms with Gasteiger partial charge in [-0.15, -0.1) is 0 Å². The zero-order valence-corrected chi connectivity index (χ0v) is 15.5. The fourth-order valence-electron chi connectivity index (χ4n) is 3.43. The van der Waals surface area contributed by atoms with Crippen LogP contribution in [0, 0.1) is 5.82 Å². The first-order valence-corrected chi connectivity index (χ1v) is 9.37. The van der Waals surface area contributed by atoms with Gasteiger partial charge >= 0.3 is 0 Å². The first kappa shape index (κ1) is 18.8. The number of halogens is 1. The van der Waals surface area contributed by atoms with Gasteiger partial charge in [0.05, 0.1) is 19.6 Å². The van der Waals surface area contributed by atoms with Crippen LogP contribution in [0.25, 0.3) is 0 Å². The maximum atomic E-state index is 13.1. The molecule has 1 unspecified atom stereocenters. The van der Waals surface area contributed by atoms with E-state index in [1.807, 2.05) is 42.5 Å². The number of rotatable bonds is 5. The second-order valence-corrected chi connectivity index (χ2v) is 7.05. The molecule has 2 aromatic carbocycles. The molecule has 3 N–H and O–H groups in total. The van der Waals surface area contributed by atoms with Crippen molar-refractivity contribution in [1.82, 2.24) is 4.90 Å². The Hall–Kier alpha value is -2.02. The van der Waals surface area contributed by atoms with Crippen LogP contribution in [0.5, 0.6) is 0 Å². The molecule has 0 amide bonds. The molecule has 6 heteroatoms. The average Bonchev–Trinajstić information content (AvgIpc) is 2.66.